The third-order valence-electron chi connectivity index (χ3n) is 6.28. The molecule has 0 radical (unpaired) electrons. The SMILES string of the molecule is CCCCCCc1ccc(CC2CCC(C)(C)CC2)c(C)c1C. The molecule has 130 valence electrons. The van der Waals surface area contributed by atoms with Gasteiger partial charge in [0.05, 0.1) is 0 Å². The number of unbranched alkanes of at least 4 members (excludes halogenated alkanes) is 3. The van der Waals surface area contributed by atoms with Gasteiger partial charge >= 0.3 is 0 Å². The van der Waals surface area contributed by atoms with Gasteiger partial charge in [0.1, 0.15) is 0 Å². The molecule has 1 aliphatic carbocycles. The number of rotatable bonds is 7. The highest BCUT2D eigenvalue weighted by Gasteiger charge is 2.27. The highest BCUT2D eigenvalue weighted by Crippen LogP contribution is 2.39. The Morgan fingerprint density at radius 3 is 2.17 bits per heavy atom. The topological polar surface area (TPSA) is 0 Å². The monoisotopic (exact) mass is 314 g/mol. The molecule has 1 saturated carbocycles. The molecule has 0 saturated heterocycles. The second-order valence-electron chi connectivity index (χ2n) is 8.76. The van der Waals surface area contributed by atoms with Crippen molar-refractivity contribution in [1.82, 2.24) is 0 Å². The van der Waals surface area contributed by atoms with Crippen LogP contribution < -0.4 is 0 Å². The molecule has 0 N–H and O–H groups in total. The summed E-state index contributed by atoms with van der Waals surface area (Å²) in [7, 11) is 0. The number of benzene rings is 1. The van der Waals surface area contributed by atoms with Crippen LogP contribution in [0, 0.1) is 25.2 Å². The van der Waals surface area contributed by atoms with Gasteiger partial charge in [-0.2, -0.15) is 0 Å². The molecule has 2 rings (SSSR count). The van der Waals surface area contributed by atoms with Crippen molar-refractivity contribution in [2.75, 3.05) is 0 Å². The summed E-state index contributed by atoms with van der Waals surface area (Å²) in [6, 6.07) is 4.87. The van der Waals surface area contributed by atoms with Gasteiger partial charge < -0.3 is 0 Å². The first-order chi connectivity index (χ1) is 10.9. The zero-order valence-electron chi connectivity index (χ0n) is 16.3. The molecule has 0 heterocycles. The molecule has 0 heteroatoms. The van der Waals surface area contributed by atoms with Gasteiger partial charge in [0.25, 0.3) is 0 Å². The molecule has 1 aromatic carbocycles. The van der Waals surface area contributed by atoms with E-state index in [9.17, 15) is 0 Å². The quantitative estimate of drug-likeness (QED) is 0.467. The smallest absolute Gasteiger partial charge is 0.0248 e. The van der Waals surface area contributed by atoms with Crippen LogP contribution in [0.1, 0.15) is 94.4 Å². The fourth-order valence-electron chi connectivity index (χ4n) is 4.14. The van der Waals surface area contributed by atoms with Gasteiger partial charge in [-0.15, -0.1) is 0 Å². The van der Waals surface area contributed by atoms with Crippen molar-refractivity contribution < 1.29 is 0 Å². The van der Waals surface area contributed by atoms with E-state index in [1.807, 2.05) is 0 Å². The molecule has 23 heavy (non-hydrogen) atoms. The van der Waals surface area contributed by atoms with Crippen molar-refractivity contribution in [1.29, 1.82) is 0 Å². The Hall–Kier alpha value is -0.780. The Morgan fingerprint density at radius 2 is 1.52 bits per heavy atom. The summed E-state index contributed by atoms with van der Waals surface area (Å²) >= 11 is 0. The Morgan fingerprint density at radius 1 is 0.913 bits per heavy atom. The Kier molecular flexibility index (Phi) is 6.74. The van der Waals surface area contributed by atoms with Crippen LogP contribution in [0.2, 0.25) is 0 Å². The van der Waals surface area contributed by atoms with Gasteiger partial charge in [-0.25, -0.2) is 0 Å². The maximum atomic E-state index is 2.44. The van der Waals surface area contributed by atoms with E-state index in [4.69, 9.17) is 0 Å². The second kappa shape index (κ2) is 8.36. The minimum atomic E-state index is 0.587. The van der Waals surface area contributed by atoms with Crippen LogP contribution in [0.3, 0.4) is 0 Å². The van der Waals surface area contributed by atoms with E-state index in [1.165, 1.54) is 64.2 Å². The lowest BCUT2D eigenvalue weighted by Gasteiger charge is -2.34. The highest BCUT2D eigenvalue weighted by molar-refractivity contribution is 5.39. The molecule has 1 aliphatic rings. The molecule has 0 aromatic heterocycles. The van der Waals surface area contributed by atoms with E-state index in [1.54, 1.807) is 22.3 Å². The van der Waals surface area contributed by atoms with Gasteiger partial charge in [-0.05, 0) is 92.4 Å². The van der Waals surface area contributed by atoms with Gasteiger partial charge in [0.2, 0.25) is 0 Å². The third-order valence-corrected chi connectivity index (χ3v) is 6.28. The van der Waals surface area contributed by atoms with E-state index < -0.39 is 0 Å². The Balaban J connectivity index is 1.94. The standard InChI is InChI=1S/C23H38/c1-6-7-8-9-10-21-11-12-22(19(3)18(21)2)17-20-13-15-23(4,5)16-14-20/h11-12,20H,6-10,13-17H2,1-5H3. The normalized spacial score (nSPS) is 18.3. The average molecular weight is 315 g/mol. The van der Waals surface area contributed by atoms with Crippen molar-refractivity contribution in [2.45, 2.75) is 98.8 Å². The van der Waals surface area contributed by atoms with Gasteiger partial charge in [0, 0.05) is 0 Å². The lowest BCUT2D eigenvalue weighted by Crippen LogP contribution is -2.22. The van der Waals surface area contributed by atoms with Crippen molar-refractivity contribution in [2.24, 2.45) is 11.3 Å². The fraction of sp³-hybridized carbons (Fsp3) is 0.739. The summed E-state index contributed by atoms with van der Waals surface area (Å²) in [5.74, 6) is 0.913. The number of hydrogen-bond acceptors (Lipinski definition) is 0. The zero-order valence-corrected chi connectivity index (χ0v) is 16.3. The van der Waals surface area contributed by atoms with Crippen molar-refractivity contribution in [3.8, 4) is 0 Å². The molecule has 0 nitrogen and oxygen atoms in total. The van der Waals surface area contributed by atoms with Crippen molar-refractivity contribution >= 4 is 0 Å². The van der Waals surface area contributed by atoms with Crippen LogP contribution in [-0.2, 0) is 12.8 Å². The molecular formula is C23H38. The van der Waals surface area contributed by atoms with Gasteiger partial charge in [0.15, 0.2) is 0 Å². The summed E-state index contributed by atoms with van der Waals surface area (Å²) in [6.45, 7) is 11.9. The Bertz CT molecular complexity index is 485. The third kappa shape index (κ3) is 5.37. The first-order valence-corrected chi connectivity index (χ1v) is 10.0. The fourth-order valence-corrected chi connectivity index (χ4v) is 4.14. The molecular weight excluding hydrogens is 276 g/mol. The number of hydrogen-bond donors (Lipinski definition) is 0. The lowest BCUT2D eigenvalue weighted by atomic mass is 9.71. The molecule has 1 aromatic rings. The highest BCUT2D eigenvalue weighted by atomic mass is 14.3. The van der Waals surface area contributed by atoms with Crippen LogP contribution in [0.25, 0.3) is 0 Å². The van der Waals surface area contributed by atoms with Crippen molar-refractivity contribution in [3.63, 3.8) is 0 Å². The summed E-state index contributed by atoms with van der Waals surface area (Å²) < 4.78 is 0. The van der Waals surface area contributed by atoms with Crippen LogP contribution in [0.15, 0.2) is 12.1 Å². The predicted molar refractivity (Wildman–Crippen MR) is 103 cm³/mol. The van der Waals surface area contributed by atoms with Crippen LogP contribution in [0.4, 0.5) is 0 Å². The lowest BCUT2D eigenvalue weighted by molar-refractivity contribution is 0.191. The van der Waals surface area contributed by atoms with Gasteiger partial charge in [-0.3, -0.25) is 0 Å². The van der Waals surface area contributed by atoms with Gasteiger partial charge in [-0.1, -0.05) is 52.2 Å². The van der Waals surface area contributed by atoms with E-state index >= 15 is 0 Å². The van der Waals surface area contributed by atoms with Crippen LogP contribution in [-0.4, -0.2) is 0 Å². The maximum absolute atomic E-state index is 2.44. The summed E-state index contributed by atoms with van der Waals surface area (Å²) in [4.78, 5) is 0. The molecule has 0 aliphatic heterocycles. The number of aryl methyl sites for hydroxylation is 1. The first kappa shape index (κ1) is 18.6. The molecule has 1 fully saturated rings. The predicted octanol–water partition coefficient (Wildman–Crippen LogP) is 7.19. The summed E-state index contributed by atoms with van der Waals surface area (Å²) in [5.41, 5.74) is 6.93. The van der Waals surface area contributed by atoms with Crippen LogP contribution >= 0.6 is 0 Å². The first-order valence-electron chi connectivity index (χ1n) is 10.0. The molecule has 0 spiro atoms. The summed E-state index contributed by atoms with van der Waals surface area (Å²) in [6.07, 6.45) is 13.7. The van der Waals surface area contributed by atoms with Crippen LogP contribution in [0.5, 0.6) is 0 Å². The minimum absolute atomic E-state index is 0.587. The Labute approximate surface area is 145 Å². The van der Waals surface area contributed by atoms with Crippen molar-refractivity contribution in [3.05, 3.63) is 34.4 Å². The molecule has 0 unspecified atom stereocenters. The molecule has 0 bridgehead atoms. The van der Waals surface area contributed by atoms with E-state index in [0.29, 0.717) is 5.41 Å². The average Bonchev–Trinajstić information content (AvgIpc) is 2.52. The maximum Gasteiger partial charge on any atom is -0.0248 e. The van der Waals surface area contributed by atoms with E-state index in [2.05, 4.69) is 46.8 Å². The largest absolute Gasteiger partial charge is 0.0654 e. The van der Waals surface area contributed by atoms with E-state index in [0.717, 1.165) is 5.92 Å². The second-order valence-corrected chi connectivity index (χ2v) is 8.76. The minimum Gasteiger partial charge on any atom is -0.0654 e. The van der Waals surface area contributed by atoms with E-state index in [-0.39, 0.29) is 0 Å². The molecule has 0 atom stereocenters. The summed E-state index contributed by atoms with van der Waals surface area (Å²) in [5, 5.41) is 0. The zero-order chi connectivity index (χ0) is 16.9. The molecule has 0 amide bonds.